The fourth-order valence-corrected chi connectivity index (χ4v) is 2.54. The van der Waals surface area contributed by atoms with E-state index >= 15 is 0 Å². The van der Waals surface area contributed by atoms with E-state index in [1.807, 2.05) is 51.1 Å². The zero-order valence-electron chi connectivity index (χ0n) is 13.4. The van der Waals surface area contributed by atoms with Crippen LogP contribution in [0, 0.1) is 0 Å². The number of hydrogen-bond donors (Lipinski definition) is 3. The normalized spacial score (nSPS) is 14.0. The number of imide groups is 1. The van der Waals surface area contributed by atoms with E-state index in [1.165, 1.54) is 11.8 Å². The van der Waals surface area contributed by atoms with Gasteiger partial charge in [-0.15, -0.1) is 11.8 Å². The molecule has 1 aromatic carbocycles. The molecule has 6 heteroatoms. The van der Waals surface area contributed by atoms with Crippen LogP contribution in [-0.4, -0.2) is 33.6 Å². The van der Waals surface area contributed by atoms with Gasteiger partial charge in [0.25, 0.3) is 0 Å². The van der Waals surface area contributed by atoms with Gasteiger partial charge in [0.2, 0.25) is 5.91 Å². The number of urea groups is 1. The Labute approximate surface area is 135 Å². The van der Waals surface area contributed by atoms with Crippen molar-refractivity contribution in [2.75, 3.05) is 5.75 Å². The second-order valence-corrected chi connectivity index (χ2v) is 7.47. The van der Waals surface area contributed by atoms with Crippen molar-refractivity contribution < 1.29 is 14.7 Å². The van der Waals surface area contributed by atoms with Crippen molar-refractivity contribution in [3.63, 3.8) is 0 Å². The first-order chi connectivity index (χ1) is 10.2. The molecule has 0 saturated heterocycles. The zero-order valence-corrected chi connectivity index (χ0v) is 14.2. The number of carbonyl (C=O) groups is 2. The summed E-state index contributed by atoms with van der Waals surface area (Å²) in [6.07, 6.45) is -0.634. The lowest BCUT2D eigenvalue weighted by molar-refractivity contribution is -0.119. The third-order valence-corrected chi connectivity index (χ3v) is 4.01. The number of carbonyl (C=O) groups excluding carboxylic acids is 2. The van der Waals surface area contributed by atoms with Gasteiger partial charge in [-0.25, -0.2) is 4.79 Å². The van der Waals surface area contributed by atoms with Crippen LogP contribution in [0.3, 0.4) is 0 Å². The number of aliphatic hydroxyl groups is 1. The molecule has 0 spiro atoms. The minimum absolute atomic E-state index is 0.369. The number of nitrogens with one attached hydrogen (secondary N) is 2. The fraction of sp³-hybridized carbons (Fsp3) is 0.500. The lowest BCUT2D eigenvalue weighted by atomic mass is 10.1. The molecule has 0 saturated carbocycles. The molecule has 0 aliphatic rings. The van der Waals surface area contributed by atoms with Crippen molar-refractivity contribution in [1.29, 1.82) is 0 Å². The molecule has 3 amide bonds. The molecule has 0 fully saturated rings. The minimum atomic E-state index is -0.634. The SMILES string of the molecule is C[C@@H](SC[C@H](O)c1ccccc1)C(=O)NC(=O)NC(C)(C)C. The number of hydrogen-bond acceptors (Lipinski definition) is 4. The van der Waals surface area contributed by atoms with E-state index in [1.54, 1.807) is 6.92 Å². The largest absolute Gasteiger partial charge is 0.388 e. The van der Waals surface area contributed by atoms with Crippen molar-refractivity contribution in [3.05, 3.63) is 35.9 Å². The van der Waals surface area contributed by atoms with Crippen LogP contribution in [0.25, 0.3) is 0 Å². The van der Waals surface area contributed by atoms with Crippen LogP contribution in [0.2, 0.25) is 0 Å². The van der Waals surface area contributed by atoms with Crippen molar-refractivity contribution in [2.24, 2.45) is 0 Å². The third-order valence-electron chi connectivity index (χ3n) is 2.78. The van der Waals surface area contributed by atoms with Crippen LogP contribution in [0.15, 0.2) is 30.3 Å². The lowest BCUT2D eigenvalue weighted by Gasteiger charge is -2.21. The van der Waals surface area contributed by atoms with Gasteiger partial charge in [-0.05, 0) is 33.3 Å². The summed E-state index contributed by atoms with van der Waals surface area (Å²) in [4.78, 5) is 23.5. The molecule has 5 nitrogen and oxygen atoms in total. The van der Waals surface area contributed by atoms with Crippen LogP contribution < -0.4 is 10.6 Å². The molecule has 2 atom stereocenters. The molecule has 0 aromatic heterocycles. The number of thioether (sulfide) groups is 1. The number of amides is 3. The predicted molar refractivity (Wildman–Crippen MR) is 89.7 cm³/mol. The van der Waals surface area contributed by atoms with E-state index in [9.17, 15) is 14.7 Å². The van der Waals surface area contributed by atoms with Gasteiger partial charge in [0, 0.05) is 11.3 Å². The first-order valence-electron chi connectivity index (χ1n) is 7.16. The van der Waals surface area contributed by atoms with Crippen LogP contribution in [0.1, 0.15) is 39.4 Å². The van der Waals surface area contributed by atoms with Crippen LogP contribution in [0.5, 0.6) is 0 Å². The Morgan fingerprint density at radius 3 is 2.36 bits per heavy atom. The molecular weight excluding hydrogens is 300 g/mol. The maximum absolute atomic E-state index is 11.9. The number of aliphatic hydroxyl groups excluding tert-OH is 1. The van der Waals surface area contributed by atoms with Crippen LogP contribution in [0.4, 0.5) is 4.79 Å². The lowest BCUT2D eigenvalue weighted by Crippen LogP contribution is -2.49. The topological polar surface area (TPSA) is 78.4 Å². The highest BCUT2D eigenvalue weighted by molar-refractivity contribution is 8.00. The summed E-state index contributed by atoms with van der Waals surface area (Å²) in [5, 5.41) is 14.6. The van der Waals surface area contributed by atoms with Gasteiger partial charge >= 0.3 is 6.03 Å². The Balaban J connectivity index is 2.40. The van der Waals surface area contributed by atoms with Crippen molar-refractivity contribution in [2.45, 2.75) is 44.6 Å². The maximum atomic E-state index is 11.9. The molecule has 122 valence electrons. The number of benzene rings is 1. The highest BCUT2D eigenvalue weighted by atomic mass is 32.2. The standard InChI is InChI=1S/C16H24N2O3S/c1-11(14(20)17-15(21)18-16(2,3)4)22-10-13(19)12-8-6-5-7-9-12/h5-9,11,13,19H,10H2,1-4H3,(H2,17,18,20,21)/t11-,13+/m1/s1. The van der Waals surface area contributed by atoms with E-state index in [-0.39, 0.29) is 5.91 Å². The molecule has 0 radical (unpaired) electrons. The Kier molecular flexibility index (Phi) is 6.90. The van der Waals surface area contributed by atoms with Crippen molar-refractivity contribution in [1.82, 2.24) is 10.6 Å². The van der Waals surface area contributed by atoms with E-state index in [4.69, 9.17) is 0 Å². The van der Waals surface area contributed by atoms with Crippen molar-refractivity contribution in [3.8, 4) is 0 Å². The van der Waals surface area contributed by atoms with Crippen LogP contribution >= 0.6 is 11.8 Å². The van der Waals surface area contributed by atoms with Gasteiger partial charge in [-0.1, -0.05) is 30.3 Å². The van der Waals surface area contributed by atoms with Gasteiger partial charge in [0.15, 0.2) is 0 Å². The van der Waals surface area contributed by atoms with Gasteiger partial charge < -0.3 is 10.4 Å². The first-order valence-corrected chi connectivity index (χ1v) is 8.21. The average molecular weight is 324 g/mol. The summed E-state index contributed by atoms with van der Waals surface area (Å²) >= 11 is 1.31. The Morgan fingerprint density at radius 1 is 1.23 bits per heavy atom. The summed E-state index contributed by atoms with van der Waals surface area (Å²) in [6.45, 7) is 7.23. The van der Waals surface area contributed by atoms with Gasteiger partial charge in [-0.2, -0.15) is 0 Å². The second kappa shape index (κ2) is 8.19. The third kappa shape index (κ3) is 6.95. The van der Waals surface area contributed by atoms with Gasteiger partial charge in [0.1, 0.15) is 0 Å². The first kappa shape index (κ1) is 18.5. The van der Waals surface area contributed by atoms with Crippen LogP contribution in [-0.2, 0) is 4.79 Å². The average Bonchev–Trinajstić information content (AvgIpc) is 2.43. The summed E-state index contributed by atoms with van der Waals surface area (Å²) in [6, 6.07) is 8.77. The zero-order chi connectivity index (χ0) is 16.8. The maximum Gasteiger partial charge on any atom is 0.321 e. The molecule has 1 rings (SSSR count). The Bertz CT molecular complexity index is 500. The smallest absolute Gasteiger partial charge is 0.321 e. The second-order valence-electron chi connectivity index (χ2n) is 6.10. The van der Waals surface area contributed by atoms with Gasteiger partial charge in [0.05, 0.1) is 11.4 Å². The molecule has 22 heavy (non-hydrogen) atoms. The molecule has 0 aliphatic carbocycles. The Morgan fingerprint density at radius 2 is 1.82 bits per heavy atom. The highest BCUT2D eigenvalue weighted by Crippen LogP contribution is 2.21. The molecule has 0 aliphatic heterocycles. The molecular formula is C16H24N2O3S. The number of rotatable bonds is 5. The summed E-state index contributed by atoms with van der Waals surface area (Å²) in [7, 11) is 0. The summed E-state index contributed by atoms with van der Waals surface area (Å²) < 4.78 is 0. The predicted octanol–water partition coefficient (Wildman–Crippen LogP) is 2.47. The molecule has 0 heterocycles. The Hall–Kier alpha value is -1.53. The highest BCUT2D eigenvalue weighted by Gasteiger charge is 2.20. The van der Waals surface area contributed by atoms with E-state index in [2.05, 4.69) is 10.6 Å². The van der Waals surface area contributed by atoms with E-state index in [0.29, 0.717) is 5.75 Å². The van der Waals surface area contributed by atoms with E-state index in [0.717, 1.165) is 5.56 Å². The molecule has 1 aromatic rings. The summed E-state index contributed by atoms with van der Waals surface area (Å²) in [5.74, 6) is 0.0199. The van der Waals surface area contributed by atoms with Gasteiger partial charge in [-0.3, -0.25) is 10.1 Å². The summed E-state index contributed by atoms with van der Waals surface area (Å²) in [5.41, 5.74) is 0.414. The van der Waals surface area contributed by atoms with Crippen molar-refractivity contribution >= 4 is 23.7 Å². The molecule has 0 bridgehead atoms. The molecule has 0 unspecified atom stereocenters. The monoisotopic (exact) mass is 324 g/mol. The van der Waals surface area contributed by atoms with E-state index < -0.39 is 22.9 Å². The fourth-order valence-electron chi connectivity index (χ4n) is 1.67. The minimum Gasteiger partial charge on any atom is -0.388 e. The quantitative estimate of drug-likeness (QED) is 0.777. The molecule has 3 N–H and O–H groups in total.